The lowest BCUT2D eigenvalue weighted by Crippen LogP contribution is -2.50. The number of ether oxygens (including phenoxy) is 1. The number of amides is 2. The number of rotatable bonds is 9. The number of pyridine rings is 1. The maximum absolute atomic E-state index is 13.2. The van der Waals surface area contributed by atoms with Crippen molar-refractivity contribution >= 4 is 29.4 Å². The number of methoxy groups -OCH3 is 1. The highest BCUT2D eigenvalue weighted by molar-refractivity contribution is 6.33. The molecule has 4 aromatic heterocycles. The van der Waals surface area contributed by atoms with Crippen LogP contribution in [0.1, 0.15) is 31.2 Å². The van der Waals surface area contributed by atoms with Gasteiger partial charge in [-0.1, -0.05) is 11.6 Å². The van der Waals surface area contributed by atoms with E-state index >= 15 is 0 Å². The molecule has 0 radical (unpaired) electrons. The molecule has 1 aliphatic carbocycles. The Hall–Kier alpha value is -4.91. The van der Waals surface area contributed by atoms with Crippen molar-refractivity contribution in [3.63, 3.8) is 0 Å². The van der Waals surface area contributed by atoms with E-state index in [1.54, 1.807) is 47.5 Å². The number of urea groups is 1. The van der Waals surface area contributed by atoms with Crippen molar-refractivity contribution in [2.24, 2.45) is 7.05 Å². The fourth-order valence-electron chi connectivity index (χ4n) is 4.99. The predicted octanol–water partition coefficient (Wildman–Crippen LogP) is 2.51. The van der Waals surface area contributed by atoms with Crippen LogP contribution in [0.3, 0.4) is 0 Å². The summed E-state index contributed by atoms with van der Waals surface area (Å²) in [6.07, 6.45) is 8.86. The average molecular weight is 620 g/mol. The van der Waals surface area contributed by atoms with E-state index in [1.165, 1.54) is 13.3 Å². The van der Waals surface area contributed by atoms with Crippen LogP contribution >= 0.6 is 11.6 Å². The van der Waals surface area contributed by atoms with Gasteiger partial charge in [0.05, 0.1) is 30.4 Å². The number of nitrogens with one attached hydrogen (secondary N) is 2. The first-order chi connectivity index (χ1) is 21.2. The minimum atomic E-state index is -1.69. The Labute approximate surface area is 257 Å². The van der Waals surface area contributed by atoms with E-state index in [0.717, 1.165) is 11.1 Å². The summed E-state index contributed by atoms with van der Waals surface area (Å²) in [6.45, 7) is -0.327. The molecule has 0 unspecified atom stereocenters. The normalized spacial score (nSPS) is 16.3. The fraction of sp³-hybridized carbons (Fsp3) is 0.357. The van der Waals surface area contributed by atoms with Crippen molar-refractivity contribution in [3.05, 3.63) is 53.7 Å². The lowest BCUT2D eigenvalue weighted by Gasteiger charge is -2.36. The molecule has 0 aromatic carbocycles. The first kappa shape index (κ1) is 30.5. The Morgan fingerprint density at radius 1 is 1.11 bits per heavy atom. The molecule has 4 heterocycles. The standard InChI is InChI=1S/C28H30ClN11O4/c1-39-15-21(29)25(38-39)24-17(9-30)11-32-26(37-24)36-19-4-6-20(7-5-19)40(28(43)35-14-23(41)42)22-8-3-16(10-31-22)18-12-33-27(44-2)34-13-18/h3,8,10-13,15,19-20,23,41-42H,4-7,14H2,1-2H3,(H,35,43)(H,32,36,37)/t19-,20-. The zero-order valence-corrected chi connectivity index (χ0v) is 24.7. The van der Waals surface area contributed by atoms with E-state index in [-0.39, 0.29) is 30.2 Å². The van der Waals surface area contributed by atoms with Crippen molar-refractivity contribution < 1.29 is 19.7 Å². The zero-order valence-electron chi connectivity index (χ0n) is 23.9. The molecule has 4 aromatic rings. The van der Waals surface area contributed by atoms with Gasteiger partial charge in [0.1, 0.15) is 23.3 Å². The fourth-order valence-corrected chi connectivity index (χ4v) is 5.25. The predicted molar refractivity (Wildman–Crippen MR) is 160 cm³/mol. The highest BCUT2D eigenvalue weighted by Crippen LogP contribution is 2.31. The number of aromatic nitrogens is 7. The first-order valence-corrected chi connectivity index (χ1v) is 14.1. The maximum Gasteiger partial charge on any atom is 0.323 e. The highest BCUT2D eigenvalue weighted by atomic mass is 35.5. The van der Waals surface area contributed by atoms with Gasteiger partial charge in [-0.15, -0.1) is 0 Å². The Balaban J connectivity index is 1.30. The van der Waals surface area contributed by atoms with Crippen LogP contribution in [0, 0.1) is 11.3 Å². The summed E-state index contributed by atoms with van der Waals surface area (Å²) in [5, 5.41) is 38.8. The van der Waals surface area contributed by atoms with Gasteiger partial charge in [-0.2, -0.15) is 10.4 Å². The number of aryl methyl sites for hydroxylation is 1. The quantitative estimate of drug-likeness (QED) is 0.200. The number of anilines is 2. The van der Waals surface area contributed by atoms with E-state index in [2.05, 4.69) is 46.7 Å². The molecule has 15 nitrogen and oxygen atoms in total. The van der Waals surface area contributed by atoms with Gasteiger partial charge in [0.25, 0.3) is 0 Å². The summed E-state index contributed by atoms with van der Waals surface area (Å²) in [5.41, 5.74) is 2.48. The SMILES string of the molecule is COc1ncc(-c2ccc(N(C(=O)NCC(O)O)[C@H]3CC[C@H](Nc4ncc(C#N)c(-c5nn(C)cc5Cl)n4)CC3)nc2)cn1. The lowest BCUT2D eigenvalue weighted by molar-refractivity contribution is -0.0351. The third-order valence-corrected chi connectivity index (χ3v) is 7.38. The molecule has 1 fully saturated rings. The summed E-state index contributed by atoms with van der Waals surface area (Å²) in [6, 6.07) is 5.18. The van der Waals surface area contributed by atoms with Gasteiger partial charge in [0.2, 0.25) is 5.95 Å². The van der Waals surface area contributed by atoms with E-state index in [1.807, 2.05) is 6.07 Å². The molecule has 228 valence electrons. The van der Waals surface area contributed by atoms with Crippen LogP contribution in [0.5, 0.6) is 6.01 Å². The first-order valence-electron chi connectivity index (χ1n) is 13.7. The molecule has 1 saturated carbocycles. The zero-order chi connectivity index (χ0) is 31.2. The Kier molecular flexibility index (Phi) is 9.44. The summed E-state index contributed by atoms with van der Waals surface area (Å²) < 4.78 is 6.56. The summed E-state index contributed by atoms with van der Waals surface area (Å²) >= 11 is 6.31. The van der Waals surface area contributed by atoms with Gasteiger partial charge in [-0.05, 0) is 37.8 Å². The van der Waals surface area contributed by atoms with E-state index in [9.17, 15) is 20.3 Å². The van der Waals surface area contributed by atoms with Crippen molar-refractivity contribution in [3.8, 4) is 34.6 Å². The smallest absolute Gasteiger partial charge is 0.323 e. The Bertz CT molecular complexity index is 1630. The van der Waals surface area contributed by atoms with Crippen LogP contribution in [0.2, 0.25) is 5.02 Å². The van der Waals surface area contributed by atoms with Gasteiger partial charge in [0.15, 0.2) is 6.29 Å². The van der Waals surface area contributed by atoms with Crippen LogP contribution in [-0.4, -0.2) is 83.0 Å². The van der Waals surface area contributed by atoms with Crippen molar-refractivity contribution in [1.82, 2.24) is 40.0 Å². The topological polar surface area (TPSA) is 200 Å². The lowest BCUT2D eigenvalue weighted by atomic mass is 9.90. The van der Waals surface area contributed by atoms with Crippen LogP contribution < -0.4 is 20.3 Å². The van der Waals surface area contributed by atoms with E-state index in [0.29, 0.717) is 53.9 Å². The van der Waals surface area contributed by atoms with Crippen LogP contribution in [0.4, 0.5) is 16.6 Å². The van der Waals surface area contributed by atoms with Crippen LogP contribution in [0.15, 0.2) is 43.1 Å². The second kappa shape index (κ2) is 13.6. The van der Waals surface area contributed by atoms with Gasteiger partial charge in [0, 0.05) is 55.0 Å². The van der Waals surface area contributed by atoms with Crippen LogP contribution in [-0.2, 0) is 7.05 Å². The summed E-state index contributed by atoms with van der Waals surface area (Å²) in [4.78, 5) is 36.4. The summed E-state index contributed by atoms with van der Waals surface area (Å²) in [7, 11) is 3.22. The number of aliphatic hydroxyl groups is 2. The minimum Gasteiger partial charge on any atom is -0.467 e. The molecule has 44 heavy (non-hydrogen) atoms. The number of hydrogen-bond donors (Lipinski definition) is 4. The molecule has 0 aliphatic heterocycles. The second-order valence-electron chi connectivity index (χ2n) is 10.1. The highest BCUT2D eigenvalue weighted by Gasteiger charge is 2.31. The van der Waals surface area contributed by atoms with Crippen molar-refractivity contribution in [2.75, 3.05) is 23.9 Å². The van der Waals surface area contributed by atoms with Crippen molar-refractivity contribution in [1.29, 1.82) is 5.26 Å². The Morgan fingerprint density at radius 2 is 1.84 bits per heavy atom. The van der Waals surface area contributed by atoms with Crippen LogP contribution in [0.25, 0.3) is 22.5 Å². The molecule has 16 heteroatoms. The molecule has 2 amide bonds. The number of carbonyl (C=O) groups is 1. The Morgan fingerprint density at radius 3 is 2.43 bits per heavy atom. The monoisotopic (exact) mass is 619 g/mol. The minimum absolute atomic E-state index is 0.000762. The third kappa shape index (κ3) is 7.00. The number of halogens is 1. The molecule has 0 saturated heterocycles. The second-order valence-corrected chi connectivity index (χ2v) is 10.5. The molecule has 0 bridgehead atoms. The molecule has 0 spiro atoms. The summed E-state index contributed by atoms with van der Waals surface area (Å²) in [5.74, 6) is 0.757. The number of nitriles is 1. The molecular formula is C28H30ClN11O4. The molecule has 0 atom stereocenters. The molecule has 1 aliphatic rings. The maximum atomic E-state index is 13.2. The van der Waals surface area contributed by atoms with Gasteiger partial charge in [-0.3, -0.25) is 9.58 Å². The van der Waals surface area contributed by atoms with Crippen molar-refractivity contribution in [2.45, 2.75) is 44.1 Å². The average Bonchev–Trinajstić information content (AvgIpc) is 3.38. The van der Waals surface area contributed by atoms with E-state index in [4.69, 9.17) is 16.3 Å². The number of aliphatic hydroxyl groups excluding tert-OH is 1. The largest absolute Gasteiger partial charge is 0.467 e. The number of hydrogen-bond acceptors (Lipinski definition) is 12. The van der Waals surface area contributed by atoms with Gasteiger partial charge < -0.3 is 25.6 Å². The van der Waals surface area contributed by atoms with E-state index < -0.39 is 12.3 Å². The third-order valence-electron chi connectivity index (χ3n) is 7.11. The number of nitrogens with zero attached hydrogens (tertiary/aromatic N) is 9. The molecule has 4 N–H and O–H groups in total. The molecule has 5 rings (SSSR count). The molecular weight excluding hydrogens is 590 g/mol. The van der Waals surface area contributed by atoms with Gasteiger partial charge in [-0.25, -0.2) is 29.7 Å². The number of carbonyl (C=O) groups excluding carboxylic acids is 1. The van der Waals surface area contributed by atoms with Gasteiger partial charge >= 0.3 is 12.0 Å².